The number of aromatic nitrogens is 2. The van der Waals surface area contributed by atoms with E-state index in [0.717, 1.165) is 29.0 Å². The Hall–Kier alpha value is -1.88. The third kappa shape index (κ3) is 4.29. The first-order valence-electron chi connectivity index (χ1n) is 7.44. The predicted octanol–water partition coefficient (Wildman–Crippen LogP) is 2.82. The topological polar surface area (TPSA) is 83.8 Å². The van der Waals surface area contributed by atoms with Gasteiger partial charge in [-0.2, -0.15) is 0 Å². The first kappa shape index (κ1) is 15.5. The van der Waals surface area contributed by atoms with Crippen molar-refractivity contribution in [3.8, 4) is 0 Å². The van der Waals surface area contributed by atoms with E-state index >= 15 is 0 Å². The monoisotopic (exact) mass is 288 g/mol. The largest absolute Gasteiger partial charge is 0.342 e. The summed E-state index contributed by atoms with van der Waals surface area (Å²) in [5.41, 5.74) is 8.38. The Kier molecular flexibility index (Phi) is 4.96. The number of benzene rings is 1. The summed E-state index contributed by atoms with van der Waals surface area (Å²) in [6.07, 6.45) is 1.44. The van der Waals surface area contributed by atoms with E-state index < -0.39 is 0 Å². The lowest BCUT2D eigenvalue weighted by Crippen LogP contribution is -2.23. The van der Waals surface area contributed by atoms with Gasteiger partial charge in [0.25, 0.3) is 0 Å². The number of anilines is 1. The zero-order valence-electron chi connectivity index (χ0n) is 12.9. The van der Waals surface area contributed by atoms with E-state index in [1.54, 1.807) is 0 Å². The van der Waals surface area contributed by atoms with Crippen LogP contribution in [0.3, 0.4) is 0 Å². The van der Waals surface area contributed by atoms with Crippen molar-refractivity contribution in [1.29, 1.82) is 0 Å². The minimum atomic E-state index is 0.0155. The SMILES string of the molecule is Cc1nc2ccc(NC(=O)C[C@@H](CN)CC(C)C)cc2[nH]1. The number of rotatable bonds is 6. The third-order valence-corrected chi connectivity index (χ3v) is 3.50. The summed E-state index contributed by atoms with van der Waals surface area (Å²) >= 11 is 0. The van der Waals surface area contributed by atoms with Crippen molar-refractivity contribution in [1.82, 2.24) is 9.97 Å². The van der Waals surface area contributed by atoms with Crippen LogP contribution in [0.15, 0.2) is 18.2 Å². The quantitative estimate of drug-likeness (QED) is 0.764. The van der Waals surface area contributed by atoms with Gasteiger partial charge in [-0.05, 0) is 49.9 Å². The Morgan fingerprint density at radius 2 is 2.19 bits per heavy atom. The van der Waals surface area contributed by atoms with Crippen LogP contribution in [0.4, 0.5) is 5.69 Å². The number of carbonyl (C=O) groups excluding carboxylic acids is 1. The van der Waals surface area contributed by atoms with Crippen molar-refractivity contribution in [2.75, 3.05) is 11.9 Å². The summed E-state index contributed by atoms with van der Waals surface area (Å²) < 4.78 is 0. The molecule has 0 spiro atoms. The molecule has 0 aliphatic rings. The minimum absolute atomic E-state index is 0.0155. The molecule has 21 heavy (non-hydrogen) atoms. The van der Waals surface area contributed by atoms with Crippen molar-refractivity contribution >= 4 is 22.6 Å². The second-order valence-corrected chi connectivity index (χ2v) is 6.04. The predicted molar refractivity (Wildman–Crippen MR) is 86.1 cm³/mol. The molecule has 0 fully saturated rings. The number of aromatic amines is 1. The fourth-order valence-electron chi connectivity index (χ4n) is 2.62. The molecule has 2 aromatic rings. The van der Waals surface area contributed by atoms with Gasteiger partial charge >= 0.3 is 0 Å². The van der Waals surface area contributed by atoms with E-state index in [2.05, 4.69) is 29.1 Å². The zero-order chi connectivity index (χ0) is 15.4. The number of amides is 1. The molecule has 0 aliphatic carbocycles. The molecule has 2 rings (SSSR count). The summed E-state index contributed by atoms with van der Waals surface area (Å²) in [6.45, 7) is 6.75. The molecule has 4 N–H and O–H groups in total. The molecule has 1 aromatic heterocycles. The molecular formula is C16H24N4O. The molecule has 0 aliphatic heterocycles. The van der Waals surface area contributed by atoms with Crippen molar-refractivity contribution in [3.63, 3.8) is 0 Å². The van der Waals surface area contributed by atoms with Gasteiger partial charge < -0.3 is 16.0 Å². The number of nitrogens with zero attached hydrogens (tertiary/aromatic N) is 1. The molecular weight excluding hydrogens is 264 g/mol. The fraction of sp³-hybridized carbons (Fsp3) is 0.500. The van der Waals surface area contributed by atoms with Gasteiger partial charge in [-0.25, -0.2) is 4.98 Å². The van der Waals surface area contributed by atoms with Crippen LogP contribution in [-0.2, 0) is 4.79 Å². The number of aryl methyl sites for hydroxylation is 1. The molecule has 0 bridgehead atoms. The van der Waals surface area contributed by atoms with E-state index in [1.807, 2.05) is 25.1 Å². The van der Waals surface area contributed by atoms with E-state index in [0.29, 0.717) is 18.9 Å². The number of nitrogens with one attached hydrogen (secondary N) is 2. The Morgan fingerprint density at radius 1 is 1.43 bits per heavy atom. The lowest BCUT2D eigenvalue weighted by molar-refractivity contribution is -0.117. The van der Waals surface area contributed by atoms with Gasteiger partial charge in [0.1, 0.15) is 5.82 Å². The third-order valence-electron chi connectivity index (χ3n) is 3.50. The minimum Gasteiger partial charge on any atom is -0.342 e. The number of hydrogen-bond acceptors (Lipinski definition) is 3. The first-order valence-corrected chi connectivity index (χ1v) is 7.44. The second-order valence-electron chi connectivity index (χ2n) is 6.04. The number of carbonyl (C=O) groups is 1. The van der Waals surface area contributed by atoms with Gasteiger partial charge in [-0.3, -0.25) is 4.79 Å². The van der Waals surface area contributed by atoms with Crippen molar-refractivity contribution in [2.24, 2.45) is 17.6 Å². The zero-order valence-corrected chi connectivity index (χ0v) is 12.9. The van der Waals surface area contributed by atoms with Crippen LogP contribution in [0.1, 0.15) is 32.5 Å². The smallest absolute Gasteiger partial charge is 0.224 e. The number of H-pyrrole nitrogens is 1. The summed E-state index contributed by atoms with van der Waals surface area (Å²) in [6, 6.07) is 5.69. The molecule has 1 aromatic carbocycles. The van der Waals surface area contributed by atoms with Crippen molar-refractivity contribution in [2.45, 2.75) is 33.6 Å². The molecule has 5 heteroatoms. The molecule has 0 radical (unpaired) electrons. The first-order chi connectivity index (χ1) is 9.97. The molecule has 0 saturated heterocycles. The van der Waals surface area contributed by atoms with Gasteiger partial charge in [0, 0.05) is 12.1 Å². The van der Waals surface area contributed by atoms with Crippen LogP contribution in [-0.4, -0.2) is 22.4 Å². The highest BCUT2D eigenvalue weighted by atomic mass is 16.1. The molecule has 114 valence electrons. The van der Waals surface area contributed by atoms with Crippen LogP contribution in [0.25, 0.3) is 11.0 Å². The van der Waals surface area contributed by atoms with E-state index in [4.69, 9.17) is 5.73 Å². The lowest BCUT2D eigenvalue weighted by Gasteiger charge is -2.16. The summed E-state index contributed by atoms with van der Waals surface area (Å²) in [5, 5.41) is 2.94. The Bertz CT molecular complexity index is 618. The van der Waals surface area contributed by atoms with Crippen LogP contribution >= 0.6 is 0 Å². The molecule has 1 atom stereocenters. The van der Waals surface area contributed by atoms with Gasteiger partial charge in [0.2, 0.25) is 5.91 Å². The van der Waals surface area contributed by atoms with Crippen molar-refractivity contribution < 1.29 is 4.79 Å². The van der Waals surface area contributed by atoms with Gasteiger partial charge in [0.05, 0.1) is 11.0 Å². The Balaban J connectivity index is 2.00. The maximum Gasteiger partial charge on any atom is 0.224 e. The maximum atomic E-state index is 12.1. The number of imidazole rings is 1. The van der Waals surface area contributed by atoms with Crippen LogP contribution in [0, 0.1) is 18.8 Å². The highest BCUT2D eigenvalue weighted by molar-refractivity contribution is 5.93. The van der Waals surface area contributed by atoms with Crippen LogP contribution < -0.4 is 11.1 Å². The highest BCUT2D eigenvalue weighted by Crippen LogP contribution is 2.19. The number of fused-ring (bicyclic) bond motifs is 1. The maximum absolute atomic E-state index is 12.1. The van der Waals surface area contributed by atoms with Gasteiger partial charge in [-0.15, -0.1) is 0 Å². The van der Waals surface area contributed by atoms with Crippen LogP contribution in [0.5, 0.6) is 0 Å². The normalized spacial score (nSPS) is 12.8. The summed E-state index contributed by atoms with van der Waals surface area (Å²) in [4.78, 5) is 19.6. The number of hydrogen-bond donors (Lipinski definition) is 3. The summed E-state index contributed by atoms with van der Waals surface area (Å²) in [7, 11) is 0. The van der Waals surface area contributed by atoms with Gasteiger partial charge in [-0.1, -0.05) is 13.8 Å². The molecule has 1 amide bonds. The van der Waals surface area contributed by atoms with Crippen molar-refractivity contribution in [3.05, 3.63) is 24.0 Å². The Morgan fingerprint density at radius 3 is 2.86 bits per heavy atom. The van der Waals surface area contributed by atoms with E-state index in [9.17, 15) is 4.79 Å². The average Bonchev–Trinajstić information content (AvgIpc) is 2.76. The second kappa shape index (κ2) is 6.72. The highest BCUT2D eigenvalue weighted by Gasteiger charge is 2.14. The molecule has 5 nitrogen and oxygen atoms in total. The van der Waals surface area contributed by atoms with Crippen LogP contribution in [0.2, 0.25) is 0 Å². The molecule has 0 saturated carbocycles. The summed E-state index contributed by atoms with van der Waals surface area (Å²) in [5.74, 6) is 1.68. The molecule has 0 unspecified atom stereocenters. The van der Waals surface area contributed by atoms with E-state index in [1.165, 1.54) is 0 Å². The fourth-order valence-corrected chi connectivity index (χ4v) is 2.62. The lowest BCUT2D eigenvalue weighted by atomic mass is 9.94. The van der Waals surface area contributed by atoms with Gasteiger partial charge in [0.15, 0.2) is 0 Å². The average molecular weight is 288 g/mol. The molecule has 1 heterocycles. The van der Waals surface area contributed by atoms with E-state index in [-0.39, 0.29) is 11.8 Å². The number of nitrogens with two attached hydrogens (primary N) is 1. The standard InChI is InChI=1S/C16H24N4O/c1-10(2)6-12(9-17)7-16(21)20-13-4-5-14-15(8-13)19-11(3)18-14/h4-5,8,10,12H,6-7,9,17H2,1-3H3,(H,18,19)(H,20,21)/t12-/m0/s1. The Labute approximate surface area is 125 Å².